The number of nitrogens with two attached hydrogens (primary N) is 2. The van der Waals surface area contributed by atoms with Gasteiger partial charge >= 0.3 is 0 Å². The van der Waals surface area contributed by atoms with Crippen LogP contribution in [0.1, 0.15) is 60.1 Å². The first-order valence-corrected chi connectivity index (χ1v) is 13.7. The van der Waals surface area contributed by atoms with Gasteiger partial charge in [0, 0.05) is 36.5 Å². The van der Waals surface area contributed by atoms with E-state index in [2.05, 4.69) is 15.2 Å². The number of aliphatic hydroxyl groups excluding tert-OH is 1. The van der Waals surface area contributed by atoms with Crippen molar-refractivity contribution in [2.24, 2.45) is 28.7 Å². The zero-order chi connectivity index (χ0) is 27.7. The maximum Gasteiger partial charge on any atom is 0.261 e. The van der Waals surface area contributed by atoms with Crippen LogP contribution in [0.3, 0.4) is 0 Å². The second kappa shape index (κ2) is 9.06. The Labute approximate surface area is 225 Å². The molecule has 1 aromatic heterocycles. The van der Waals surface area contributed by atoms with E-state index in [1.54, 1.807) is 6.08 Å². The lowest BCUT2D eigenvalue weighted by atomic mass is 9.45. The second-order valence-corrected chi connectivity index (χ2v) is 12.1. The highest BCUT2D eigenvalue weighted by Gasteiger charge is 2.67. The minimum atomic E-state index is -1.34. The quantitative estimate of drug-likeness (QED) is 0.280. The molecule has 3 fully saturated rings. The molecule has 5 aliphatic rings. The van der Waals surface area contributed by atoms with Gasteiger partial charge in [0.25, 0.3) is 11.5 Å². The average Bonchev–Trinajstić information content (AvgIpc) is 3.68. The fraction of sp³-hybridized carbons (Fsp3) is 0.571. The van der Waals surface area contributed by atoms with Crippen LogP contribution in [0.25, 0.3) is 0 Å². The summed E-state index contributed by atoms with van der Waals surface area (Å²) >= 11 is 0. The Kier molecular flexibility index (Phi) is 5.99. The van der Waals surface area contributed by atoms with Gasteiger partial charge in [-0.1, -0.05) is 11.6 Å². The van der Waals surface area contributed by atoms with E-state index in [1.807, 2.05) is 6.08 Å². The number of hydrogen-bond acceptors (Lipinski definition) is 7. The molecule has 39 heavy (non-hydrogen) atoms. The number of allylic oxidation sites excluding steroid dienone is 3. The first kappa shape index (κ1) is 25.8. The van der Waals surface area contributed by atoms with Gasteiger partial charge in [-0.3, -0.25) is 24.1 Å². The number of carbonyl (C=O) groups is 3. The molecule has 0 spiro atoms. The van der Waals surface area contributed by atoms with Crippen LogP contribution >= 0.6 is 0 Å². The minimum Gasteiger partial charge on any atom is -0.512 e. The van der Waals surface area contributed by atoms with Gasteiger partial charge in [0.15, 0.2) is 0 Å². The number of nitrogens with one attached hydrogen (secondary N) is 2. The van der Waals surface area contributed by atoms with Gasteiger partial charge < -0.3 is 32.0 Å². The smallest absolute Gasteiger partial charge is 0.261 e. The molecule has 1 aliphatic heterocycles. The van der Waals surface area contributed by atoms with E-state index < -0.39 is 46.8 Å². The van der Waals surface area contributed by atoms with Crippen LogP contribution in [0, 0.1) is 17.3 Å². The molecule has 2 saturated carbocycles. The number of amides is 3. The van der Waals surface area contributed by atoms with E-state index in [0.717, 1.165) is 19.5 Å². The van der Waals surface area contributed by atoms with Crippen LogP contribution in [0.2, 0.25) is 0 Å². The third-order valence-electron chi connectivity index (χ3n) is 9.80. The Morgan fingerprint density at radius 3 is 2.64 bits per heavy atom. The molecule has 11 nitrogen and oxygen atoms in total. The van der Waals surface area contributed by atoms with Crippen LogP contribution < -0.4 is 22.3 Å². The summed E-state index contributed by atoms with van der Waals surface area (Å²) in [4.78, 5) is 54.4. The summed E-state index contributed by atoms with van der Waals surface area (Å²) in [5.41, 5.74) is 10.5. The molecule has 5 atom stereocenters. The number of aromatic nitrogens is 1. The second-order valence-electron chi connectivity index (χ2n) is 12.1. The van der Waals surface area contributed by atoms with Gasteiger partial charge in [0.2, 0.25) is 11.8 Å². The number of aromatic amines is 1. The number of aliphatic hydroxyl groups is 2. The largest absolute Gasteiger partial charge is 0.512 e. The molecular weight excluding hydrogens is 502 g/mol. The first-order chi connectivity index (χ1) is 18.5. The molecule has 0 aromatic carbocycles. The lowest BCUT2D eigenvalue weighted by Gasteiger charge is -2.67. The molecule has 1 aromatic rings. The van der Waals surface area contributed by atoms with Crippen molar-refractivity contribution in [3.05, 3.63) is 56.7 Å². The highest BCUT2D eigenvalue weighted by atomic mass is 16.3. The Hall–Kier alpha value is -3.44. The first-order valence-electron chi connectivity index (χ1n) is 13.7. The molecule has 0 radical (unpaired) electrons. The highest BCUT2D eigenvalue weighted by Crippen LogP contribution is 2.63. The zero-order valence-corrected chi connectivity index (χ0v) is 21.7. The van der Waals surface area contributed by atoms with Gasteiger partial charge in [0.1, 0.15) is 11.6 Å². The summed E-state index contributed by atoms with van der Waals surface area (Å²) in [6, 6.07) is 0.0280. The lowest BCUT2D eigenvalue weighted by molar-refractivity contribution is -0.212. The van der Waals surface area contributed by atoms with E-state index in [0.29, 0.717) is 42.2 Å². The lowest BCUT2D eigenvalue weighted by Crippen LogP contribution is -2.74. The number of primary amides is 2. The molecule has 1 saturated heterocycles. The van der Waals surface area contributed by atoms with E-state index in [-0.39, 0.29) is 23.9 Å². The SMILES string of the molecule is NC(=O)C[C@H](NC(=O)c1cc2c([nH]c1=O)C[C@]13CCN(CC4CC4)[C@H](CC4=CC=C(O)CC41)[C@]3(O)C2)C(N)=O. The van der Waals surface area contributed by atoms with Crippen molar-refractivity contribution in [1.82, 2.24) is 15.2 Å². The monoisotopic (exact) mass is 537 g/mol. The summed E-state index contributed by atoms with van der Waals surface area (Å²) in [6.45, 7) is 1.80. The Morgan fingerprint density at radius 2 is 1.95 bits per heavy atom. The number of piperidine rings is 1. The van der Waals surface area contributed by atoms with Crippen molar-refractivity contribution >= 4 is 17.7 Å². The van der Waals surface area contributed by atoms with Crippen molar-refractivity contribution in [2.45, 2.75) is 69.1 Å². The van der Waals surface area contributed by atoms with E-state index in [9.17, 15) is 29.4 Å². The van der Waals surface area contributed by atoms with Gasteiger partial charge in [-0.15, -0.1) is 0 Å². The number of H-pyrrole nitrogens is 1. The molecule has 1 unspecified atom stereocenters. The van der Waals surface area contributed by atoms with Gasteiger partial charge in [-0.25, -0.2) is 0 Å². The standard InChI is InChI=1S/C28H35N5O6/c29-23(35)10-20(24(30)36)31-25(37)18-7-16-11-28(39)22-8-15-3-4-17(34)9-19(15)27(28,12-21(16)32-26(18)38)5-6-33(22)13-14-1-2-14/h3-4,7,14,19-20,22,34,39H,1-2,5-6,8-13H2,(H2,29,35)(H2,30,36)(H,31,37)(H,32,38)/t19?,20-,22+,27+,28+/m0/s1. The van der Waals surface area contributed by atoms with Crippen LogP contribution in [0.5, 0.6) is 0 Å². The van der Waals surface area contributed by atoms with Crippen LogP contribution in [-0.2, 0) is 22.4 Å². The molecule has 8 N–H and O–H groups in total. The normalized spacial score (nSPS) is 32.0. The molecule has 4 aliphatic carbocycles. The van der Waals surface area contributed by atoms with Crippen molar-refractivity contribution in [3.8, 4) is 0 Å². The van der Waals surface area contributed by atoms with Crippen molar-refractivity contribution < 1.29 is 24.6 Å². The maximum atomic E-state index is 13.1. The summed E-state index contributed by atoms with van der Waals surface area (Å²) in [7, 11) is 0. The third-order valence-corrected chi connectivity index (χ3v) is 9.80. The summed E-state index contributed by atoms with van der Waals surface area (Å²) in [6.07, 6.45) is 8.27. The number of likely N-dealkylation sites (tertiary alicyclic amines) is 1. The fourth-order valence-corrected chi connectivity index (χ4v) is 7.71. The molecule has 208 valence electrons. The zero-order valence-electron chi connectivity index (χ0n) is 21.7. The molecule has 11 heteroatoms. The number of hydrogen-bond donors (Lipinski definition) is 6. The fourth-order valence-electron chi connectivity index (χ4n) is 7.71. The predicted octanol–water partition coefficient (Wildman–Crippen LogP) is -0.0737. The number of fused-ring (bicyclic) bond motifs is 2. The third kappa shape index (κ3) is 4.19. The summed E-state index contributed by atoms with van der Waals surface area (Å²) < 4.78 is 0. The molecular formula is C28H35N5O6. The van der Waals surface area contributed by atoms with Crippen LogP contribution in [0.4, 0.5) is 0 Å². The minimum absolute atomic E-state index is 0.0448. The number of rotatable bonds is 7. The molecule has 6 rings (SSSR count). The number of carbonyl (C=O) groups excluding carboxylic acids is 3. The van der Waals surface area contributed by atoms with Crippen molar-refractivity contribution in [3.63, 3.8) is 0 Å². The van der Waals surface area contributed by atoms with E-state index in [4.69, 9.17) is 11.5 Å². The average molecular weight is 538 g/mol. The van der Waals surface area contributed by atoms with Gasteiger partial charge in [-0.05, 0) is 68.2 Å². The predicted molar refractivity (Wildman–Crippen MR) is 140 cm³/mol. The van der Waals surface area contributed by atoms with Crippen LogP contribution in [0.15, 0.2) is 34.3 Å². The summed E-state index contributed by atoms with van der Waals surface area (Å²) in [5.74, 6) is -1.69. The number of nitrogens with zero attached hydrogens (tertiary/aromatic N) is 1. The van der Waals surface area contributed by atoms with Crippen molar-refractivity contribution in [1.29, 1.82) is 0 Å². The summed E-state index contributed by atoms with van der Waals surface area (Å²) in [5, 5.41) is 25.5. The maximum absolute atomic E-state index is 13.1. The Morgan fingerprint density at radius 1 is 1.18 bits per heavy atom. The van der Waals surface area contributed by atoms with E-state index >= 15 is 0 Å². The highest BCUT2D eigenvalue weighted by molar-refractivity contribution is 5.98. The molecule has 2 heterocycles. The Bertz CT molecular complexity index is 1380. The topological polar surface area (TPSA) is 192 Å². The van der Waals surface area contributed by atoms with Gasteiger partial charge in [-0.2, -0.15) is 0 Å². The van der Waals surface area contributed by atoms with Crippen molar-refractivity contribution in [2.75, 3.05) is 13.1 Å². The number of pyridine rings is 1. The molecule has 3 amide bonds. The van der Waals surface area contributed by atoms with Crippen LogP contribution in [-0.4, -0.2) is 68.6 Å². The van der Waals surface area contributed by atoms with Gasteiger partial charge in [0.05, 0.1) is 17.8 Å². The Balaban J connectivity index is 1.38. The van der Waals surface area contributed by atoms with E-state index in [1.165, 1.54) is 24.5 Å². The molecule has 2 bridgehead atoms.